The van der Waals surface area contributed by atoms with Crippen LogP contribution in [0.2, 0.25) is 0 Å². The number of hydrogen-bond acceptors (Lipinski definition) is 3. The first kappa shape index (κ1) is 10.6. The number of nitrogens with zero attached hydrogens (tertiary/aromatic N) is 4. The van der Waals surface area contributed by atoms with Crippen LogP contribution < -0.4 is 0 Å². The van der Waals surface area contributed by atoms with E-state index < -0.39 is 0 Å². The molecule has 0 radical (unpaired) electrons. The van der Waals surface area contributed by atoms with Crippen LogP contribution in [0.15, 0.2) is 12.7 Å². The summed E-state index contributed by atoms with van der Waals surface area (Å²) in [5.74, 6) is 0. The Morgan fingerprint density at radius 3 is 3.13 bits per heavy atom. The topological polar surface area (TPSA) is 34.0 Å². The highest BCUT2D eigenvalue weighted by Crippen LogP contribution is 2.18. The van der Waals surface area contributed by atoms with Crippen molar-refractivity contribution in [3.63, 3.8) is 0 Å². The van der Waals surface area contributed by atoms with E-state index in [9.17, 15) is 0 Å². The van der Waals surface area contributed by atoms with E-state index in [2.05, 4.69) is 21.9 Å². The minimum Gasteiger partial charge on any atom is -0.299 e. The Bertz CT molecular complexity index is 270. The molecule has 1 aliphatic heterocycles. The van der Waals surface area contributed by atoms with Gasteiger partial charge in [0.05, 0.1) is 6.54 Å². The maximum absolute atomic E-state index is 4.17. The van der Waals surface area contributed by atoms with Gasteiger partial charge in [0, 0.05) is 6.04 Å². The van der Waals surface area contributed by atoms with E-state index in [0.29, 0.717) is 6.04 Å². The molecule has 2 rings (SSSR count). The van der Waals surface area contributed by atoms with Crippen molar-refractivity contribution in [1.29, 1.82) is 0 Å². The highest BCUT2D eigenvalue weighted by atomic mass is 15.3. The van der Waals surface area contributed by atoms with Gasteiger partial charge < -0.3 is 0 Å². The molecule has 0 aliphatic carbocycles. The van der Waals surface area contributed by atoms with E-state index >= 15 is 0 Å². The highest BCUT2D eigenvalue weighted by Gasteiger charge is 2.23. The molecule has 0 bridgehead atoms. The summed E-state index contributed by atoms with van der Waals surface area (Å²) in [5, 5.41) is 4.17. The second kappa shape index (κ2) is 5.26. The van der Waals surface area contributed by atoms with Gasteiger partial charge in [-0.1, -0.05) is 13.3 Å². The molecule has 1 aliphatic rings. The first-order chi connectivity index (χ1) is 7.40. The van der Waals surface area contributed by atoms with Crippen LogP contribution in [0.25, 0.3) is 0 Å². The second-order valence-electron chi connectivity index (χ2n) is 4.30. The number of aromatic nitrogens is 3. The third kappa shape index (κ3) is 2.78. The van der Waals surface area contributed by atoms with Gasteiger partial charge in [0.2, 0.25) is 0 Å². The number of rotatable bonds is 5. The predicted molar refractivity (Wildman–Crippen MR) is 59.5 cm³/mol. The highest BCUT2D eigenvalue weighted by molar-refractivity contribution is 4.79. The maximum Gasteiger partial charge on any atom is 0.137 e. The Labute approximate surface area is 91.3 Å². The Hall–Kier alpha value is -0.900. The third-order valence-electron chi connectivity index (χ3n) is 3.16. The van der Waals surface area contributed by atoms with Gasteiger partial charge in [0.15, 0.2) is 0 Å². The average molecular weight is 208 g/mol. The van der Waals surface area contributed by atoms with Crippen LogP contribution in [0.4, 0.5) is 0 Å². The molecule has 2 heterocycles. The lowest BCUT2D eigenvalue weighted by molar-refractivity contribution is 0.224. The zero-order valence-corrected chi connectivity index (χ0v) is 9.47. The molecule has 4 nitrogen and oxygen atoms in total. The van der Waals surface area contributed by atoms with Crippen LogP contribution in [-0.4, -0.2) is 38.8 Å². The molecule has 84 valence electrons. The standard InChI is InChI=1S/C11H20N4/c1-2-3-6-14-7-4-5-11(14)8-15-10-12-9-13-15/h9-11H,2-8H2,1H3/t11-/m0/s1. The number of hydrogen-bond donors (Lipinski definition) is 0. The first-order valence-electron chi connectivity index (χ1n) is 5.96. The molecule has 1 saturated heterocycles. The fourth-order valence-corrected chi connectivity index (χ4v) is 2.30. The van der Waals surface area contributed by atoms with Crippen LogP contribution in [-0.2, 0) is 6.54 Å². The fourth-order valence-electron chi connectivity index (χ4n) is 2.30. The minimum absolute atomic E-state index is 0.679. The number of likely N-dealkylation sites (tertiary alicyclic amines) is 1. The van der Waals surface area contributed by atoms with Gasteiger partial charge >= 0.3 is 0 Å². The van der Waals surface area contributed by atoms with Crippen molar-refractivity contribution in [2.24, 2.45) is 0 Å². The zero-order chi connectivity index (χ0) is 10.5. The minimum atomic E-state index is 0.679. The van der Waals surface area contributed by atoms with Gasteiger partial charge in [-0.15, -0.1) is 0 Å². The van der Waals surface area contributed by atoms with Crippen LogP contribution >= 0.6 is 0 Å². The lowest BCUT2D eigenvalue weighted by Crippen LogP contribution is -2.33. The Morgan fingerprint density at radius 2 is 2.40 bits per heavy atom. The molecule has 1 fully saturated rings. The van der Waals surface area contributed by atoms with E-state index in [-0.39, 0.29) is 0 Å². The van der Waals surface area contributed by atoms with Gasteiger partial charge in [0.1, 0.15) is 12.7 Å². The average Bonchev–Trinajstić information content (AvgIpc) is 2.87. The summed E-state index contributed by atoms with van der Waals surface area (Å²) < 4.78 is 1.95. The molecule has 4 heteroatoms. The van der Waals surface area contributed by atoms with E-state index in [1.165, 1.54) is 38.8 Å². The molecule has 1 aromatic heterocycles. The van der Waals surface area contributed by atoms with Gasteiger partial charge in [-0.05, 0) is 32.4 Å². The molecular formula is C11H20N4. The van der Waals surface area contributed by atoms with E-state index in [1.807, 2.05) is 11.0 Å². The largest absolute Gasteiger partial charge is 0.299 e. The molecular weight excluding hydrogens is 188 g/mol. The fraction of sp³-hybridized carbons (Fsp3) is 0.818. The third-order valence-corrected chi connectivity index (χ3v) is 3.16. The smallest absolute Gasteiger partial charge is 0.137 e. The summed E-state index contributed by atoms with van der Waals surface area (Å²) in [6.07, 6.45) is 8.68. The summed E-state index contributed by atoms with van der Waals surface area (Å²) in [6.45, 7) is 5.77. The van der Waals surface area contributed by atoms with Crippen LogP contribution in [0, 0.1) is 0 Å². The molecule has 0 spiro atoms. The Kier molecular flexibility index (Phi) is 3.72. The zero-order valence-electron chi connectivity index (χ0n) is 9.47. The van der Waals surface area contributed by atoms with Gasteiger partial charge in [0.25, 0.3) is 0 Å². The number of unbranched alkanes of at least 4 members (excludes halogenated alkanes) is 1. The SMILES string of the molecule is CCCCN1CCC[C@H]1Cn1cncn1. The lowest BCUT2D eigenvalue weighted by Gasteiger charge is -2.23. The molecule has 0 unspecified atom stereocenters. The second-order valence-corrected chi connectivity index (χ2v) is 4.30. The maximum atomic E-state index is 4.17. The van der Waals surface area contributed by atoms with Gasteiger partial charge in [-0.2, -0.15) is 5.10 Å². The molecule has 0 aromatic carbocycles. The Balaban J connectivity index is 1.85. The van der Waals surface area contributed by atoms with Crippen molar-refractivity contribution in [3.8, 4) is 0 Å². The monoisotopic (exact) mass is 208 g/mol. The lowest BCUT2D eigenvalue weighted by atomic mass is 10.2. The molecule has 1 atom stereocenters. The van der Waals surface area contributed by atoms with Crippen molar-refractivity contribution in [1.82, 2.24) is 19.7 Å². The van der Waals surface area contributed by atoms with Crippen LogP contribution in [0.5, 0.6) is 0 Å². The molecule has 0 N–H and O–H groups in total. The van der Waals surface area contributed by atoms with Crippen molar-refractivity contribution in [3.05, 3.63) is 12.7 Å². The van der Waals surface area contributed by atoms with Crippen molar-refractivity contribution >= 4 is 0 Å². The summed E-state index contributed by atoms with van der Waals surface area (Å²) in [5.41, 5.74) is 0. The van der Waals surface area contributed by atoms with Crippen LogP contribution in [0.3, 0.4) is 0 Å². The van der Waals surface area contributed by atoms with Crippen molar-refractivity contribution in [2.75, 3.05) is 13.1 Å². The molecule has 0 amide bonds. The van der Waals surface area contributed by atoms with Gasteiger partial charge in [-0.3, -0.25) is 9.58 Å². The molecule has 1 aromatic rings. The van der Waals surface area contributed by atoms with Crippen molar-refractivity contribution in [2.45, 2.75) is 45.2 Å². The summed E-state index contributed by atoms with van der Waals surface area (Å²) in [4.78, 5) is 6.59. The summed E-state index contributed by atoms with van der Waals surface area (Å²) >= 11 is 0. The molecule has 0 saturated carbocycles. The van der Waals surface area contributed by atoms with Gasteiger partial charge in [-0.25, -0.2) is 4.98 Å². The predicted octanol–water partition coefficient (Wildman–Crippen LogP) is 1.54. The van der Waals surface area contributed by atoms with Crippen molar-refractivity contribution < 1.29 is 0 Å². The van der Waals surface area contributed by atoms with E-state index in [0.717, 1.165) is 6.54 Å². The summed E-state index contributed by atoms with van der Waals surface area (Å²) in [6, 6.07) is 0.679. The van der Waals surface area contributed by atoms with E-state index in [1.54, 1.807) is 6.33 Å². The molecule has 15 heavy (non-hydrogen) atoms. The van der Waals surface area contributed by atoms with Crippen LogP contribution in [0.1, 0.15) is 32.6 Å². The Morgan fingerprint density at radius 1 is 1.47 bits per heavy atom. The van der Waals surface area contributed by atoms with E-state index in [4.69, 9.17) is 0 Å². The first-order valence-corrected chi connectivity index (χ1v) is 5.96. The summed E-state index contributed by atoms with van der Waals surface area (Å²) in [7, 11) is 0. The normalized spacial score (nSPS) is 22.3. The quantitative estimate of drug-likeness (QED) is 0.736.